The SMILES string of the molecule is Cn1cccc(C(=O)N2CC[C@H](Oc3ccncc3)C2)c1=O. The van der Waals surface area contributed by atoms with Crippen LogP contribution in [0.1, 0.15) is 16.8 Å². The molecule has 0 unspecified atom stereocenters. The summed E-state index contributed by atoms with van der Waals surface area (Å²) in [5.41, 5.74) is -0.0689. The summed E-state index contributed by atoms with van der Waals surface area (Å²) in [5, 5.41) is 0. The fraction of sp³-hybridized carbons (Fsp3) is 0.312. The number of hydrogen-bond donors (Lipinski definition) is 0. The molecule has 114 valence electrons. The van der Waals surface area contributed by atoms with Gasteiger partial charge in [-0.05, 0) is 24.3 Å². The predicted octanol–water partition coefficient (Wildman–Crippen LogP) is 1.07. The maximum atomic E-state index is 12.5. The molecule has 0 spiro atoms. The first-order valence-electron chi connectivity index (χ1n) is 7.17. The highest BCUT2D eigenvalue weighted by atomic mass is 16.5. The van der Waals surface area contributed by atoms with E-state index in [-0.39, 0.29) is 23.1 Å². The van der Waals surface area contributed by atoms with Crippen molar-refractivity contribution in [3.05, 3.63) is 58.8 Å². The number of carbonyl (C=O) groups is 1. The van der Waals surface area contributed by atoms with Crippen molar-refractivity contribution < 1.29 is 9.53 Å². The average Bonchev–Trinajstić information content (AvgIpc) is 2.99. The first-order valence-corrected chi connectivity index (χ1v) is 7.17. The molecule has 2 aromatic rings. The van der Waals surface area contributed by atoms with Crippen LogP contribution in [0.2, 0.25) is 0 Å². The van der Waals surface area contributed by atoms with Gasteiger partial charge in [-0.1, -0.05) is 0 Å². The zero-order valence-electron chi connectivity index (χ0n) is 12.3. The Hall–Kier alpha value is -2.63. The van der Waals surface area contributed by atoms with Crippen LogP contribution in [-0.2, 0) is 7.05 Å². The zero-order valence-corrected chi connectivity index (χ0v) is 12.3. The highest BCUT2D eigenvalue weighted by molar-refractivity contribution is 5.94. The highest BCUT2D eigenvalue weighted by Gasteiger charge is 2.29. The lowest BCUT2D eigenvalue weighted by Crippen LogP contribution is -2.35. The van der Waals surface area contributed by atoms with Crippen LogP contribution in [0.25, 0.3) is 0 Å². The van der Waals surface area contributed by atoms with Crippen LogP contribution in [0.15, 0.2) is 47.7 Å². The third kappa shape index (κ3) is 2.86. The second-order valence-corrected chi connectivity index (χ2v) is 5.30. The Labute approximate surface area is 128 Å². The normalized spacial score (nSPS) is 17.5. The minimum atomic E-state index is -0.272. The monoisotopic (exact) mass is 299 g/mol. The lowest BCUT2D eigenvalue weighted by Gasteiger charge is -2.17. The van der Waals surface area contributed by atoms with Crippen molar-refractivity contribution in [3.63, 3.8) is 0 Å². The molecule has 0 aromatic carbocycles. The summed E-state index contributed by atoms with van der Waals surface area (Å²) in [7, 11) is 1.64. The molecular weight excluding hydrogens is 282 g/mol. The highest BCUT2D eigenvalue weighted by Crippen LogP contribution is 2.18. The van der Waals surface area contributed by atoms with Crippen LogP contribution in [0.4, 0.5) is 0 Å². The summed E-state index contributed by atoms with van der Waals surface area (Å²) >= 11 is 0. The van der Waals surface area contributed by atoms with Crippen LogP contribution in [0.5, 0.6) is 5.75 Å². The topological polar surface area (TPSA) is 64.4 Å². The van der Waals surface area contributed by atoms with E-state index < -0.39 is 0 Å². The molecule has 2 aromatic heterocycles. The largest absolute Gasteiger partial charge is 0.488 e. The molecule has 0 bridgehead atoms. The van der Waals surface area contributed by atoms with E-state index in [2.05, 4.69) is 4.98 Å². The van der Waals surface area contributed by atoms with Crippen molar-refractivity contribution in [3.8, 4) is 5.75 Å². The molecule has 1 amide bonds. The van der Waals surface area contributed by atoms with Gasteiger partial charge in [0.25, 0.3) is 11.5 Å². The molecule has 1 aliphatic heterocycles. The van der Waals surface area contributed by atoms with Crippen LogP contribution < -0.4 is 10.3 Å². The quantitative estimate of drug-likeness (QED) is 0.850. The molecule has 3 rings (SSSR count). The first kappa shape index (κ1) is 14.3. The third-order valence-electron chi connectivity index (χ3n) is 3.74. The lowest BCUT2D eigenvalue weighted by molar-refractivity contribution is 0.0770. The van der Waals surface area contributed by atoms with Gasteiger partial charge >= 0.3 is 0 Å². The van der Waals surface area contributed by atoms with Gasteiger partial charge < -0.3 is 14.2 Å². The van der Waals surface area contributed by atoms with E-state index in [4.69, 9.17) is 4.74 Å². The van der Waals surface area contributed by atoms with Crippen molar-refractivity contribution >= 4 is 5.91 Å². The Morgan fingerprint density at radius 1 is 1.32 bits per heavy atom. The van der Waals surface area contributed by atoms with Gasteiger partial charge in [-0.15, -0.1) is 0 Å². The molecule has 1 atom stereocenters. The zero-order chi connectivity index (χ0) is 15.5. The molecule has 0 radical (unpaired) electrons. The van der Waals surface area contributed by atoms with Gasteiger partial charge in [-0.2, -0.15) is 0 Å². The standard InChI is InChI=1S/C16H17N3O3/c1-18-9-2-3-14(15(18)20)16(21)19-10-6-13(11-19)22-12-4-7-17-8-5-12/h2-5,7-9,13H,6,10-11H2,1H3/t13-/m0/s1. The molecular formula is C16H17N3O3. The number of amides is 1. The molecule has 0 saturated carbocycles. The van der Waals surface area contributed by atoms with Crippen molar-refractivity contribution in [1.82, 2.24) is 14.5 Å². The van der Waals surface area contributed by atoms with Crippen LogP contribution in [-0.4, -0.2) is 39.6 Å². The second-order valence-electron chi connectivity index (χ2n) is 5.30. The Bertz CT molecular complexity index is 727. The van der Waals surface area contributed by atoms with Crippen LogP contribution in [0, 0.1) is 0 Å². The number of ether oxygens (including phenoxy) is 1. The second kappa shape index (κ2) is 6.01. The van der Waals surface area contributed by atoms with Gasteiger partial charge in [0.05, 0.1) is 6.54 Å². The summed E-state index contributed by atoms with van der Waals surface area (Å²) in [6.07, 6.45) is 5.67. The van der Waals surface area contributed by atoms with Crippen molar-refractivity contribution in [2.75, 3.05) is 13.1 Å². The average molecular weight is 299 g/mol. The molecule has 22 heavy (non-hydrogen) atoms. The van der Waals surface area contributed by atoms with Gasteiger partial charge in [0.15, 0.2) is 0 Å². The third-order valence-corrected chi connectivity index (χ3v) is 3.74. The number of aryl methyl sites for hydroxylation is 1. The fourth-order valence-electron chi connectivity index (χ4n) is 2.55. The molecule has 1 fully saturated rings. The Kier molecular flexibility index (Phi) is 3.91. The molecule has 1 aliphatic rings. The van der Waals surface area contributed by atoms with E-state index in [1.165, 1.54) is 4.57 Å². The molecule has 1 saturated heterocycles. The number of hydrogen-bond acceptors (Lipinski definition) is 4. The van der Waals surface area contributed by atoms with E-state index in [1.807, 2.05) is 0 Å². The van der Waals surface area contributed by atoms with Crippen LogP contribution in [0.3, 0.4) is 0 Å². The summed E-state index contributed by atoms with van der Waals surface area (Å²) < 4.78 is 7.24. The molecule has 0 aliphatic carbocycles. The van der Waals surface area contributed by atoms with E-state index >= 15 is 0 Å². The number of aromatic nitrogens is 2. The maximum Gasteiger partial charge on any atom is 0.263 e. The van der Waals surface area contributed by atoms with Gasteiger partial charge in [-0.3, -0.25) is 14.6 Å². The predicted molar refractivity (Wildman–Crippen MR) is 80.9 cm³/mol. The Morgan fingerprint density at radius 2 is 2.09 bits per heavy atom. The maximum absolute atomic E-state index is 12.5. The number of nitrogens with zero attached hydrogens (tertiary/aromatic N) is 3. The Morgan fingerprint density at radius 3 is 2.86 bits per heavy atom. The van der Waals surface area contributed by atoms with E-state index in [9.17, 15) is 9.59 Å². The van der Waals surface area contributed by atoms with Crippen molar-refractivity contribution in [1.29, 1.82) is 0 Å². The minimum Gasteiger partial charge on any atom is -0.488 e. The van der Waals surface area contributed by atoms with E-state index in [0.29, 0.717) is 13.1 Å². The van der Waals surface area contributed by atoms with Crippen LogP contribution >= 0.6 is 0 Å². The summed E-state index contributed by atoms with van der Waals surface area (Å²) in [5.74, 6) is 0.506. The van der Waals surface area contributed by atoms with E-state index in [0.717, 1.165) is 12.2 Å². The van der Waals surface area contributed by atoms with Crippen molar-refractivity contribution in [2.45, 2.75) is 12.5 Å². The Balaban J connectivity index is 1.69. The number of carbonyl (C=O) groups excluding carboxylic acids is 1. The fourth-order valence-corrected chi connectivity index (χ4v) is 2.55. The number of likely N-dealkylation sites (tertiary alicyclic amines) is 1. The number of pyridine rings is 2. The molecule has 3 heterocycles. The van der Waals surface area contributed by atoms with Crippen molar-refractivity contribution in [2.24, 2.45) is 7.05 Å². The van der Waals surface area contributed by atoms with Gasteiger partial charge in [0.2, 0.25) is 0 Å². The summed E-state index contributed by atoms with van der Waals surface area (Å²) in [6.45, 7) is 1.08. The van der Waals surface area contributed by atoms with Gasteiger partial charge in [0.1, 0.15) is 17.4 Å². The molecule has 0 N–H and O–H groups in total. The minimum absolute atomic E-state index is 0.0566. The summed E-state index contributed by atoms with van der Waals surface area (Å²) in [4.78, 5) is 30.1. The molecule has 6 heteroatoms. The van der Waals surface area contributed by atoms with Gasteiger partial charge in [0, 0.05) is 38.6 Å². The smallest absolute Gasteiger partial charge is 0.263 e. The first-order chi connectivity index (χ1) is 10.6. The van der Waals surface area contributed by atoms with Gasteiger partial charge in [-0.25, -0.2) is 0 Å². The van der Waals surface area contributed by atoms with E-state index in [1.54, 1.807) is 54.8 Å². The lowest BCUT2D eigenvalue weighted by atomic mass is 10.2. The number of rotatable bonds is 3. The summed E-state index contributed by atoms with van der Waals surface area (Å²) in [6, 6.07) is 6.85. The molecule has 6 nitrogen and oxygen atoms in total.